The fourth-order valence-corrected chi connectivity index (χ4v) is 3.65. The highest BCUT2D eigenvalue weighted by Crippen LogP contribution is 2.33. The number of nitrogens with zero attached hydrogens (tertiary/aromatic N) is 1. The molecule has 2 aromatic carbocycles. The first-order chi connectivity index (χ1) is 9.95. The van der Waals surface area contributed by atoms with Gasteiger partial charge < -0.3 is 4.90 Å². The monoisotopic (exact) mass is 301 g/mol. The minimum atomic E-state index is -3.13. The normalized spacial score (nSPS) is 19.2. The molecule has 110 valence electrons. The summed E-state index contributed by atoms with van der Waals surface area (Å²) in [5.74, 6) is 0.300. The molecule has 4 heteroatoms. The van der Waals surface area contributed by atoms with E-state index in [-0.39, 0.29) is 0 Å². The lowest BCUT2D eigenvalue weighted by Crippen LogP contribution is -2.30. The second-order valence-electron chi connectivity index (χ2n) is 5.79. The predicted octanol–water partition coefficient (Wildman–Crippen LogP) is 2.67. The van der Waals surface area contributed by atoms with E-state index in [9.17, 15) is 8.42 Å². The van der Waals surface area contributed by atoms with Crippen LogP contribution in [0.25, 0.3) is 0 Å². The van der Waals surface area contributed by atoms with E-state index in [0.29, 0.717) is 10.8 Å². The summed E-state index contributed by atoms with van der Waals surface area (Å²) in [6, 6.07) is 15.8. The summed E-state index contributed by atoms with van der Waals surface area (Å²) in [6.07, 6.45) is 1.24. The van der Waals surface area contributed by atoms with E-state index in [2.05, 4.69) is 36.2 Å². The number of hydrogen-bond donors (Lipinski definition) is 0. The van der Waals surface area contributed by atoms with E-state index in [1.54, 1.807) is 12.1 Å². The van der Waals surface area contributed by atoms with Gasteiger partial charge in [0.1, 0.15) is 0 Å². The zero-order valence-electron chi connectivity index (χ0n) is 12.3. The predicted molar refractivity (Wildman–Crippen MR) is 84.2 cm³/mol. The van der Waals surface area contributed by atoms with Gasteiger partial charge in [0.15, 0.2) is 9.84 Å². The van der Waals surface area contributed by atoms with Crippen LogP contribution in [0.3, 0.4) is 0 Å². The molecule has 0 amide bonds. The minimum absolute atomic E-state index is 0.300. The van der Waals surface area contributed by atoms with Gasteiger partial charge in [0.05, 0.1) is 4.90 Å². The second-order valence-corrected chi connectivity index (χ2v) is 7.81. The van der Waals surface area contributed by atoms with Gasteiger partial charge in [-0.25, -0.2) is 8.42 Å². The molecule has 0 bridgehead atoms. The number of rotatable bonds is 2. The lowest BCUT2D eigenvalue weighted by Gasteiger charge is -2.32. The van der Waals surface area contributed by atoms with Crippen LogP contribution in [0.4, 0.5) is 0 Å². The lowest BCUT2D eigenvalue weighted by atomic mass is 9.85. The molecule has 0 spiro atoms. The first kappa shape index (κ1) is 14.3. The molecule has 1 unspecified atom stereocenters. The van der Waals surface area contributed by atoms with Crippen molar-refractivity contribution in [2.75, 3.05) is 19.8 Å². The molecular formula is C17H19NO2S. The van der Waals surface area contributed by atoms with Gasteiger partial charge in [-0.2, -0.15) is 0 Å². The fourth-order valence-electron chi connectivity index (χ4n) is 3.02. The average molecular weight is 301 g/mol. The van der Waals surface area contributed by atoms with Crippen molar-refractivity contribution in [2.24, 2.45) is 0 Å². The molecule has 1 atom stereocenters. The van der Waals surface area contributed by atoms with Crippen LogP contribution in [0.1, 0.15) is 22.6 Å². The SMILES string of the molecule is CN1Cc2ccccc2C(c2ccc(S(C)(=O)=O)cc2)C1. The number of hydrogen-bond acceptors (Lipinski definition) is 3. The lowest BCUT2D eigenvalue weighted by molar-refractivity contribution is 0.295. The smallest absolute Gasteiger partial charge is 0.175 e. The Kier molecular flexibility index (Phi) is 3.59. The van der Waals surface area contributed by atoms with Crippen molar-refractivity contribution in [2.45, 2.75) is 17.4 Å². The number of benzene rings is 2. The third kappa shape index (κ3) is 2.87. The molecule has 0 aliphatic carbocycles. The summed E-state index contributed by atoms with van der Waals surface area (Å²) < 4.78 is 23.1. The molecule has 0 aromatic heterocycles. The molecule has 1 heterocycles. The maximum atomic E-state index is 11.6. The summed E-state index contributed by atoms with van der Waals surface area (Å²) in [7, 11) is -1.01. The van der Waals surface area contributed by atoms with Crippen LogP contribution in [0, 0.1) is 0 Å². The number of likely N-dealkylation sites (N-methyl/N-ethyl adjacent to an activating group) is 1. The third-order valence-electron chi connectivity index (χ3n) is 4.08. The standard InChI is InChI=1S/C17H19NO2S/c1-18-11-14-5-3-4-6-16(14)17(12-18)13-7-9-15(10-8-13)21(2,19)20/h3-10,17H,11-12H2,1-2H3. The maximum absolute atomic E-state index is 11.6. The summed E-state index contributed by atoms with van der Waals surface area (Å²) in [5.41, 5.74) is 3.87. The largest absolute Gasteiger partial charge is 0.301 e. The summed E-state index contributed by atoms with van der Waals surface area (Å²) in [6.45, 7) is 1.92. The van der Waals surface area contributed by atoms with Crippen LogP contribution >= 0.6 is 0 Å². The zero-order valence-corrected chi connectivity index (χ0v) is 13.1. The highest BCUT2D eigenvalue weighted by atomic mass is 32.2. The summed E-state index contributed by atoms with van der Waals surface area (Å²) in [4.78, 5) is 2.68. The molecule has 0 radical (unpaired) electrons. The molecule has 3 nitrogen and oxygen atoms in total. The third-order valence-corrected chi connectivity index (χ3v) is 5.20. The molecule has 2 aromatic rings. The van der Waals surface area contributed by atoms with Crippen molar-refractivity contribution in [3.63, 3.8) is 0 Å². The zero-order chi connectivity index (χ0) is 15.0. The van der Waals surface area contributed by atoms with Gasteiger partial charge in [-0.05, 0) is 35.9 Å². The van der Waals surface area contributed by atoms with Crippen LogP contribution in [-0.2, 0) is 16.4 Å². The van der Waals surface area contributed by atoms with Crippen molar-refractivity contribution in [1.29, 1.82) is 0 Å². The Labute approximate surface area is 126 Å². The van der Waals surface area contributed by atoms with Gasteiger partial charge in [-0.3, -0.25) is 0 Å². The van der Waals surface area contributed by atoms with Gasteiger partial charge in [0.25, 0.3) is 0 Å². The van der Waals surface area contributed by atoms with Crippen molar-refractivity contribution in [1.82, 2.24) is 4.90 Å². The molecule has 1 aliphatic rings. The molecule has 0 saturated heterocycles. The van der Waals surface area contributed by atoms with Crippen molar-refractivity contribution in [3.05, 3.63) is 65.2 Å². The van der Waals surface area contributed by atoms with Crippen LogP contribution in [0.5, 0.6) is 0 Å². The minimum Gasteiger partial charge on any atom is -0.301 e. The van der Waals surface area contributed by atoms with Crippen LogP contribution in [-0.4, -0.2) is 33.2 Å². The molecule has 21 heavy (non-hydrogen) atoms. The summed E-state index contributed by atoms with van der Waals surface area (Å²) >= 11 is 0. The fraction of sp³-hybridized carbons (Fsp3) is 0.294. The Morgan fingerprint density at radius 1 is 1.05 bits per heavy atom. The topological polar surface area (TPSA) is 37.4 Å². The second kappa shape index (κ2) is 5.28. The number of sulfone groups is 1. The first-order valence-corrected chi connectivity index (χ1v) is 8.90. The van der Waals surface area contributed by atoms with Gasteiger partial charge in [0.2, 0.25) is 0 Å². The molecule has 0 fully saturated rings. The molecule has 0 N–H and O–H groups in total. The Balaban J connectivity index is 2.01. The Morgan fingerprint density at radius 3 is 2.38 bits per heavy atom. The summed E-state index contributed by atoms with van der Waals surface area (Å²) in [5, 5.41) is 0. The van der Waals surface area contributed by atoms with Crippen molar-refractivity contribution < 1.29 is 8.42 Å². The first-order valence-electron chi connectivity index (χ1n) is 7.01. The maximum Gasteiger partial charge on any atom is 0.175 e. The van der Waals surface area contributed by atoms with E-state index in [1.807, 2.05) is 12.1 Å². The Hall–Kier alpha value is -1.65. The quantitative estimate of drug-likeness (QED) is 0.856. The Bertz CT molecular complexity index is 751. The molecule has 3 rings (SSSR count). The van der Waals surface area contributed by atoms with Gasteiger partial charge >= 0.3 is 0 Å². The van der Waals surface area contributed by atoms with E-state index in [4.69, 9.17) is 0 Å². The average Bonchev–Trinajstić information content (AvgIpc) is 2.45. The van der Waals surface area contributed by atoms with E-state index >= 15 is 0 Å². The van der Waals surface area contributed by atoms with Crippen LogP contribution in [0.2, 0.25) is 0 Å². The van der Waals surface area contributed by atoms with Crippen LogP contribution < -0.4 is 0 Å². The van der Waals surface area contributed by atoms with E-state index in [0.717, 1.165) is 13.1 Å². The Morgan fingerprint density at radius 2 is 1.71 bits per heavy atom. The highest BCUT2D eigenvalue weighted by molar-refractivity contribution is 7.90. The van der Waals surface area contributed by atoms with Gasteiger partial charge in [-0.1, -0.05) is 36.4 Å². The molecule has 1 aliphatic heterocycles. The van der Waals surface area contributed by atoms with E-state index in [1.165, 1.54) is 22.9 Å². The van der Waals surface area contributed by atoms with Crippen molar-refractivity contribution in [3.8, 4) is 0 Å². The molecular weight excluding hydrogens is 282 g/mol. The highest BCUT2D eigenvalue weighted by Gasteiger charge is 2.24. The number of fused-ring (bicyclic) bond motifs is 1. The molecule has 0 saturated carbocycles. The van der Waals surface area contributed by atoms with Crippen molar-refractivity contribution >= 4 is 9.84 Å². The van der Waals surface area contributed by atoms with Crippen LogP contribution in [0.15, 0.2) is 53.4 Å². The van der Waals surface area contributed by atoms with E-state index < -0.39 is 9.84 Å². The van der Waals surface area contributed by atoms with Gasteiger partial charge in [0, 0.05) is 25.3 Å². The van der Waals surface area contributed by atoms with Gasteiger partial charge in [-0.15, -0.1) is 0 Å².